The van der Waals surface area contributed by atoms with Crippen LogP contribution >= 0.6 is 11.8 Å². The highest BCUT2D eigenvalue weighted by Gasteiger charge is 2.51. The number of rotatable bonds is 6. The molecule has 0 aromatic carbocycles. The van der Waals surface area contributed by atoms with Crippen LogP contribution in [0.2, 0.25) is 0 Å². The fourth-order valence-corrected chi connectivity index (χ4v) is 4.58. The van der Waals surface area contributed by atoms with E-state index in [0.29, 0.717) is 5.92 Å². The molecule has 0 aliphatic carbocycles. The van der Waals surface area contributed by atoms with Crippen molar-refractivity contribution < 1.29 is 18.8 Å². The summed E-state index contributed by atoms with van der Waals surface area (Å²) in [7, 11) is -0.432. The molecule has 0 bridgehead atoms. The molecule has 1 aromatic heterocycles. The normalized spacial score (nSPS) is 22.8. The molecule has 2 fully saturated rings. The predicted molar refractivity (Wildman–Crippen MR) is 128 cm³/mol. The zero-order chi connectivity index (χ0) is 23.6. The molecule has 0 saturated carbocycles. The average Bonchev–Trinajstić information content (AvgIpc) is 2.92. The van der Waals surface area contributed by atoms with Gasteiger partial charge in [0.25, 0.3) is 0 Å². The third kappa shape index (κ3) is 6.61. The van der Waals surface area contributed by atoms with Crippen LogP contribution in [0, 0.1) is 5.92 Å². The molecule has 0 N–H and O–H groups in total. The van der Waals surface area contributed by atoms with Gasteiger partial charge in [0, 0.05) is 36.7 Å². The first-order valence-corrected chi connectivity index (χ1v) is 12.6. The average molecular weight is 463 g/mol. The number of piperidine rings is 1. The van der Waals surface area contributed by atoms with E-state index in [4.69, 9.17) is 14.0 Å². The maximum atomic E-state index is 12.3. The number of carbonyl (C=O) groups is 1. The van der Waals surface area contributed by atoms with E-state index in [1.807, 2.05) is 53.4 Å². The van der Waals surface area contributed by atoms with Crippen LogP contribution in [-0.4, -0.2) is 63.7 Å². The first-order chi connectivity index (χ1) is 14.9. The largest absolute Gasteiger partial charge is 0.498 e. The van der Waals surface area contributed by atoms with Gasteiger partial charge in [0.15, 0.2) is 5.16 Å². The molecule has 1 amide bonds. The van der Waals surface area contributed by atoms with Gasteiger partial charge in [-0.3, -0.25) is 0 Å². The molecule has 9 heteroatoms. The maximum Gasteiger partial charge on any atom is 0.498 e. The predicted octanol–water partition coefficient (Wildman–Crippen LogP) is 4.30. The van der Waals surface area contributed by atoms with Crippen LogP contribution in [0.5, 0.6) is 0 Å². The smallest absolute Gasteiger partial charge is 0.444 e. The van der Waals surface area contributed by atoms with Crippen LogP contribution in [0.15, 0.2) is 17.6 Å². The Morgan fingerprint density at radius 2 is 1.84 bits per heavy atom. The van der Waals surface area contributed by atoms with Gasteiger partial charge < -0.3 is 18.9 Å². The second kappa shape index (κ2) is 9.89. The van der Waals surface area contributed by atoms with Gasteiger partial charge in [-0.05, 0) is 80.1 Å². The minimum atomic E-state index is -0.446. The second-order valence-electron chi connectivity index (χ2n) is 10.8. The van der Waals surface area contributed by atoms with Crippen molar-refractivity contribution in [2.75, 3.05) is 18.8 Å². The highest BCUT2D eigenvalue weighted by Crippen LogP contribution is 2.36. The zero-order valence-corrected chi connectivity index (χ0v) is 21.5. The minimum Gasteiger partial charge on any atom is -0.444 e. The Morgan fingerprint density at radius 1 is 1.22 bits per heavy atom. The first-order valence-electron chi connectivity index (χ1n) is 11.6. The Balaban J connectivity index is 1.40. The van der Waals surface area contributed by atoms with Gasteiger partial charge in [0.05, 0.1) is 11.2 Å². The Morgan fingerprint density at radius 3 is 2.44 bits per heavy atom. The summed E-state index contributed by atoms with van der Waals surface area (Å²) in [5, 5.41) is 0.768. The van der Waals surface area contributed by atoms with Crippen molar-refractivity contribution in [1.82, 2.24) is 14.9 Å². The number of ether oxygens (including phenoxy) is 1. The summed E-state index contributed by atoms with van der Waals surface area (Å²) >= 11 is 1.67. The third-order valence-electron chi connectivity index (χ3n) is 6.33. The lowest BCUT2D eigenvalue weighted by atomic mass is 9.81. The summed E-state index contributed by atoms with van der Waals surface area (Å²) in [6.07, 6.45) is 7.79. The van der Waals surface area contributed by atoms with Crippen molar-refractivity contribution in [1.29, 1.82) is 0 Å². The summed E-state index contributed by atoms with van der Waals surface area (Å²) < 4.78 is 17.7. The van der Waals surface area contributed by atoms with E-state index in [0.717, 1.165) is 48.7 Å². The van der Waals surface area contributed by atoms with Crippen LogP contribution in [0.4, 0.5) is 4.79 Å². The summed E-state index contributed by atoms with van der Waals surface area (Å²) in [6, 6.07) is 0. The van der Waals surface area contributed by atoms with Crippen LogP contribution in [0.25, 0.3) is 0 Å². The summed E-state index contributed by atoms with van der Waals surface area (Å²) in [5.41, 5.74) is -0.344. The van der Waals surface area contributed by atoms with Gasteiger partial charge in [-0.25, -0.2) is 14.8 Å². The Hall–Kier alpha value is -1.32. The standard InChI is InChI=1S/C23H38BN3O4S/c1-21(2,3)29-20(28)27-12-8-10-17(16-27)11-9-13-32-19-25-14-18(15-26-19)24-30-22(4,5)23(6,7)31-24/h14-15,17H,8-13,16H2,1-7H3. The molecule has 32 heavy (non-hydrogen) atoms. The Labute approximate surface area is 197 Å². The van der Waals surface area contributed by atoms with Crippen molar-refractivity contribution in [2.45, 2.75) is 96.1 Å². The molecule has 1 atom stereocenters. The number of nitrogens with zero attached hydrogens (tertiary/aromatic N) is 3. The zero-order valence-electron chi connectivity index (χ0n) is 20.6. The highest BCUT2D eigenvalue weighted by molar-refractivity contribution is 7.99. The van der Waals surface area contributed by atoms with Crippen LogP contribution < -0.4 is 5.46 Å². The molecule has 1 aromatic rings. The number of carbonyl (C=O) groups excluding carboxylic acids is 1. The number of hydrogen-bond acceptors (Lipinski definition) is 7. The maximum absolute atomic E-state index is 12.3. The fourth-order valence-electron chi connectivity index (χ4n) is 3.83. The molecule has 3 rings (SSSR count). The lowest BCUT2D eigenvalue weighted by Crippen LogP contribution is -2.42. The minimum absolute atomic E-state index is 0.188. The topological polar surface area (TPSA) is 73.8 Å². The van der Waals surface area contributed by atoms with Crippen LogP contribution in [0.1, 0.15) is 74.1 Å². The first kappa shape index (κ1) is 25.3. The molecule has 0 radical (unpaired) electrons. The molecular weight excluding hydrogens is 425 g/mol. The van der Waals surface area contributed by atoms with E-state index < -0.39 is 12.7 Å². The number of likely N-dealkylation sites (tertiary alicyclic amines) is 1. The van der Waals surface area contributed by atoms with Crippen molar-refractivity contribution >= 4 is 30.4 Å². The number of thioether (sulfide) groups is 1. The molecule has 2 aliphatic rings. The van der Waals surface area contributed by atoms with E-state index in [1.165, 1.54) is 6.42 Å². The number of amides is 1. The summed E-state index contributed by atoms with van der Waals surface area (Å²) in [4.78, 5) is 23.2. The summed E-state index contributed by atoms with van der Waals surface area (Å²) in [5.74, 6) is 1.49. The van der Waals surface area contributed by atoms with Gasteiger partial charge in [0.2, 0.25) is 0 Å². The molecule has 2 saturated heterocycles. The molecular formula is C23H38BN3O4S. The van der Waals surface area contributed by atoms with Crippen LogP contribution in [-0.2, 0) is 14.0 Å². The Bertz CT molecular complexity index is 766. The molecule has 0 spiro atoms. The van der Waals surface area contributed by atoms with Gasteiger partial charge >= 0.3 is 13.2 Å². The van der Waals surface area contributed by atoms with Gasteiger partial charge in [-0.2, -0.15) is 0 Å². The van der Waals surface area contributed by atoms with Gasteiger partial charge in [0.1, 0.15) is 5.60 Å². The van der Waals surface area contributed by atoms with Crippen LogP contribution in [0.3, 0.4) is 0 Å². The van der Waals surface area contributed by atoms with E-state index in [2.05, 4.69) is 9.97 Å². The van der Waals surface area contributed by atoms with E-state index >= 15 is 0 Å². The quantitative estimate of drug-likeness (QED) is 0.270. The van der Waals surface area contributed by atoms with E-state index in [1.54, 1.807) is 24.2 Å². The molecule has 3 heterocycles. The monoisotopic (exact) mass is 463 g/mol. The Kier molecular flexibility index (Phi) is 7.83. The second-order valence-corrected chi connectivity index (χ2v) is 11.9. The van der Waals surface area contributed by atoms with Crippen molar-refractivity contribution in [3.05, 3.63) is 12.4 Å². The number of hydrogen-bond donors (Lipinski definition) is 0. The van der Waals surface area contributed by atoms with E-state index in [-0.39, 0.29) is 17.3 Å². The highest BCUT2D eigenvalue weighted by atomic mass is 32.2. The van der Waals surface area contributed by atoms with Crippen molar-refractivity contribution in [3.63, 3.8) is 0 Å². The van der Waals surface area contributed by atoms with Gasteiger partial charge in [-0.1, -0.05) is 11.8 Å². The lowest BCUT2D eigenvalue weighted by molar-refractivity contribution is 0.00578. The molecule has 178 valence electrons. The molecule has 1 unspecified atom stereocenters. The molecule has 7 nitrogen and oxygen atoms in total. The van der Waals surface area contributed by atoms with Crippen molar-refractivity contribution in [2.24, 2.45) is 5.92 Å². The number of aromatic nitrogens is 2. The fraction of sp³-hybridized carbons (Fsp3) is 0.783. The van der Waals surface area contributed by atoms with Gasteiger partial charge in [-0.15, -0.1) is 0 Å². The lowest BCUT2D eigenvalue weighted by Gasteiger charge is -2.34. The third-order valence-corrected chi connectivity index (χ3v) is 7.29. The molecule has 2 aliphatic heterocycles. The summed E-state index contributed by atoms with van der Waals surface area (Å²) in [6.45, 7) is 15.5. The SMILES string of the molecule is CC(C)(C)OC(=O)N1CCCC(CCCSc2ncc(B3OC(C)(C)C(C)(C)O3)cn2)C1. The van der Waals surface area contributed by atoms with E-state index in [9.17, 15) is 4.79 Å². The van der Waals surface area contributed by atoms with Crippen molar-refractivity contribution in [3.8, 4) is 0 Å².